The first-order chi connectivity index (χ1) is 14.6. The lowest BCUT2D eigenvalue weighted by Crippen LogP contribution is -2.44. The highest BCUT2D eigenvalue weighted by Crippen LogP contribution is 2.24. The van der Waals surface area contributed by atoms with Crippen molar-refractivity contribution in [1.29, 1.82) is 0 Å². The van der Waals surface area contributed by atoms with Gasteiger partial charge in [-0.3, -0.25) is 9.59 Å². The van der Waals surface area contributed by atoms with Gasteiger partial charge in [0.25, 0.3) is 5.91 Å². The third-order valence-electron chi connectivity index (χ3n) is 4.46. The Kier molecular flexibility index (Phi) is 8.01. The van der Waals surface area contributed by atoms with Crippen molar-refractivity contribution in [3.8, 4) is 11.3 Å². The molecule has 2 aromatic carbocycles. The number of thiazole rings is 1. The third-order valence-corrected chi connectivity index (χ3v) is 5.86. The van der Waals surface area contributed by atoms with Crippen LogP contribution in [0.3, 0.4) is 0 Å². The summed E-state index contributed by atoms with van der Waals surface area (Å²) >= 11 is 2.98. The summed E-state index contributed by atoms with van der Waals surface area (Å²) in [5, 5.41) is 8.10. The van der Waals surface area contributed by atoms with E-state index in [4.69, 9.17) is 5.73 Å². The molecule has 0 aliphatic heterocycles. The topological polar surface area (TPSA) is 97.1 Å². The average Bonchev–Trinajstić information content (AvgIpc) is 3.25. The zero-order valence-corrected chi connectivity index (χ0v) is 18.3. The van der Waals surface area contributed by atoms with Crippen molar-refractivity contribution < 1.29 is 9.59 Å². The van der Waals surface area contributed by atoms with Gasteiger partial charge in [0.05, 0.1) is 5.69 Å². The molecule has 0 spiro atoms. The van der Waals surface area contributed by atoms with E-state index < -0.39 is 6.04 Å². The van der Waals surface area contributed by atoms with E-state index in [1.165, 1.54) is 11.3 Å². The van der Waals surface area contributed by atoms with Gasteiger partial charge in [-0.05, 0) is 36.1 Å². The van der Waals surface area contributed by atoms with E-state index in [9.17, 15) is 9.59 Å². The zero-order chi connectivity index (χ0) is 21.3. The Morgan fingerprint density at radius 3 is 2.70 bits per heavy atom. The van der Waals surface area contributed by atoms with Crippen LogP contribution in [0, 0.1) is 0 Å². The van der Waals surface area contributed by atoms with Crippen molar-refractivity contribution in [2.45, 2.75) is 19.0 Å². The molecule has 0 unspecified atom stereocenters. The summed E-state index contributed by atoms with van der Waals surface area (Å²) in [4.78, 5) is 30.0. The van der Waals surface area contributed by atoms with Crippen LogP contribution in [-0.2, 0) is 11.3 Å². The number of rotatable bonds is 9. The van der Waals surface area contributed by atoms with Crippen molar-refractivity contribution in [3.63, 3.8) is 0 Å². The Morgan fingerprint density at radius 1 is 1.17 bits per heavy atom. The normalized spacial score (nSPS) is 11.7. The van der Waals surface area contributed by atoms with Crippen LogP contribution in [0.2, 0.25) is 0 Å². The van der Waals surface area contributed by atoms with Gasteiger partial charge in [0.15, 0.2) is 5.13 Å². The summed E-state index contributed by atoms with van der Waals surface area (Å²) < 4.78 is 0. The monoisotopic (exact) mass is 440 g/mol. The molecule has 6 nitrogen and oxygen atoms in total. The molecule has 3 rings (SSSR count). The molecule has 4 N–H and O–H groups in total. The predicted molar refractivity (Wildman–Crippen MR) is 125 cm³/mol. The smallest absolute Gasteiger partial charge is 0.251 e. The zero-order valence-electron chi connectivity index (χ0n) is 16.6. The van der Waals surface area contributed by atoms with Crippen molar-refractivity contribution in [3.05, 3.63) is 71.1 Å². The summed E-state index contributed by atoms with van der Waals surface area (Å²) in [6.45, 7) is 0.352. The SMILES string of the molecule is CSCC[C@H](NC(=O)c1cccc(CN)c1)C(=O)Nc1nc(-c2ccccc2)cs1. The fourth-order valence-electron chi connectivity index (χ4n) is 2.85. The van der Waals surface area contributed by atoms with Crippen LogP contribution in [0.25, 0.3) is 11.3 Å². The summed E-state index contributed by atoms with van der Waals surface area (Å²) in [6.07, 6.45) is 2.49. The Bertz CT molecular complexity index is 992. The molecular weight excluding hydrogens is 416 g/mol. The molecular formula is C22H24N4O2S2. The second kappa shape index (κ2) is 10.9. The lowest BCUT2D eigenvalue weighted by molar-refractivity contribution is -0.118. The van der Waals surface area contributed by atoms with Gasteiger partial charge in [-0.15, -0.1) is 11.3 Å². The average molecular weight is 441 g/mol. The number of nitrogens with one attached hydrogen (secondary N) is 2. The van der Waals surface area contributed by atoms with Crippen LogP contribution in [0.4, 0.5) is 5.13 Å². The summed E-state index contributed by atoms with van der Waals surface area (Å²) in [6, 6.07) is 16.2. The number of hydrogen-bond acceptors (Lipinski definition) is 6. The van der Waals surface area contributed by atoms with E-state index in [1.807, 2.05) is 48.0 Å². The van der Waals surface area contributed by atoms with E-state index in [-0.39, 0.29) is 11.8 Å². The van der Waals surface area contributed by atoms with Gasteiger partial charge in [0.1, 0.15) is 6.04 Å². The number of hydrogen-bond donors (Lipinski definition) is 3. The quantitative estimate of drug-likeness (QED) is 0.471. The molecule has 156 valence electrons. The molecule has 0 saturated carbocycles. The number of thioether (sulfide) groups is 1. The van der Waals surface area contributed by atoms with Crippen LogP contribution in [0.1, 0.15) is 22.3 Å². The Morgan fingerprint density at radius 2 is 1.97 bits per heavy atom. The number of amides is 2. The number of aromatic nitrogens is 1. The molecule has 0 saturated heterocycles. The first-order valence-electron chi connectivity index (χ1n) is 9.51. The largest absolute Gasteiger partial charge is 0.340 e. The fourth-order valence-corrected chi connectivity index (χ4v) is 4.04. The molecule has 0 bridgehead atoms. The number of nitrogens with two attached hydrogens (primary N) is 1. The Labute approximate surface area is 184 Å². The highest BCUT2D eigenvalue weighted by molar-refractivity contribution is 7.98. The lowest BCUT2D eigenvalue weighted by Gasteiger charge is -2.17. The highest BCUT2D eigenvalue weighted by atomic mass is 32.2. The van der Waals surface area contributed by atoms with Gasteiger partial charge in [0.2, 0.25) is 5.91 Å². The molecule has 0 aliphatic rings. The first-order valence-corrected chi connectivity index (χ1v) is 11.8. The van der Waals surface area contributed by atoms with Crippen molar-refractivity contribution >= 4 is 40.0 Å². The van der Waals surface area contributed by atoms with Gasteiger partial charge in [-0.1, -0.05) is 42.5 Å². The van der Waals surface area contributed by atoms with Gasteiger partial charge in [-0.25, -0.2) is 4.98 Å². The molecule has 0 radical (unpaired) electrons. The molecule has 1 aromatic heterocycles. The van der Waals surface area contributed by atoms with Crippen LogP contribution in [0.15, 0.2) is 60.0 Å². The second-order valence-corrected chi connectivity index (χ2v) is 8.45. The van der Waals surface area contributed by atoms with E-state index in [1.54, 1.807) is 30.0 Å². The second-order valence-electron chi connectivity index (χ2n) is 6.61. The summed E-state index contributed by atoms with van der Waals surface area (Å²) in [5.74, 6) is 0.172. The predicted octanol–water partition coefficient (Wildman–Crippen LogP) is 3.76. The summed E-state index contributed by atoms with van der Waals surface area (Å²) in [7, 11) is 0. The Balaban J connectivity index is 1.69. The maximum atomic E-state index is 12.9. The van der Waals surface area contributed by atoms with Crippen molar-refractivity contribution in [1.82, 2.24) is 10.3 Å². The van der Waals surface area contributed by atoms with E-state index >= 15 is 0 Å². The van der Waals surface area contributed by atoms with E-state index in [0.29, 0.717) is 23.7 Å². The van der Waals surface area contributed by atoms with E-state index in [2.05, 4.69) is 15.6 Å². The van der Waals surface area contributed by atoms with Gasteiger partial charge in [-0.2, -0.15) is 11.8 Å². The molecule has 1 atom stereocenters. The van der Waals surface area contributed by atoms with Crippen LogP contribution in [-0.4, -0.2) is 34.8 Å². The summed E-state index contributed by atoms with van der Waals surface area (Å²) in [5.41, 5.74) is 8.80. The molecule has 0 fully saturated rings. The van der Waals surface area contributed by atoms with Gasteiger partial charge >= 0.3 is 0 Å². The van der Waals surface area contributed by atoms with E-state index in [0.717, 1.165) is 22.6 Å². The van der Waals surface area contributed by atoms with Crippen molar-refractivity contribution in [2.75, 3.05) is 17.3 Å². The number of carbonyl (C=O) groups is 2. The molecule has 2 amide bonds. The number of nitrogens with zero attached hydrogens (tertiary/aromatic N) is 1. The minimum absolute atomic E-state index is 0.277. The van der Waals surface area contributed by atoms with Crippen LogP contribution in [0.5, 0.6) is 0 Å². The maximum absolute atomic E-state index is 12.9. The number of carbonyl (C=O) groups excluding carboxylic acids is 2. The Hall–Kier alpha value is -2.68. The molecule has 1 heterocycles. The van der Waals surface area contributed by atoms with Gasteiger partial charge < -0.3 is 16.4 Å². The van der Waals surface area contributed by atoms with Crippen LogP contribution < -0.4 is 16.4 Å². The van der Waals surface area contributed by atoms with Crippen molar-refractivity contribution in [2.24, 2.45) is 5.73 Å². The third kappa shape index (κ3) is 5.91. The number of anilines is 1. The fraction of sp³-hybridized carbons (Fsp3) is 0.227. The van der Waals surface area contributed by atoms with Crippen LogP contribution >= 0.6 is 23.1 Å². The lowest BCUT2D eigenvalue weighted by atomic mass is 10.1. The molecule has 30 heavy (non-hydrogen) atoms. The molecule has 0 aliphatic carbocycles. The maximum Gasteiger partial charge on any atom is 0.251 e. The van der Waals surface area contributed by atoms with Gasteiger partial charge in [0, 0.05) is 23.1 Å². The highest BCUT2D eigenvalue weighted by Gasteiger charge is 2.22. The molecule has 3 aromatic rings. The minimum atomic E-state index is -0.657. The number of benzene rings is 2. The minimum Gasteiger partial charge on any atom is -0.340 e. The standard InChI is InChI=1S/C22H24N4O2S2/c1-29-11-10-18(24-20(27)17-9-5-6-15(12-17)13-23)21(28)26-22-25-19(14-30-22)16-7-3-2-4-8-16/h2-9,12,14,18H,10-11,13,23H2,1H3,(H,24,27)(H,25,26,28)/t18-/m0/s1. The first kappa shape index (κ1) is 22.0. The molecule has 8 heteroatoms.